The van der Waals surface area contributed by atoms with Gasteiger partial charge in [-0.15, -0.1) is 0 Å². The molecule has 0 radical (unpaired) electrons. The van der Waals surface area contributed by atoms with E-state index in [1.54, 1.807) is 0 Å². The molecule has 5 heteroatoms. The minimum atomic E-state index is -2.17. The Morgan fingerprint density at radius 1 is 1.14 bits per heavy atom. The fourth-order valence-corrected chi connectivity index (χ4v) is 0. The quantitative estimate of drug-likeness (QED) is 0.332. The third-order valence-corrected chi connectivity index (χ3v) is 0. The Bertz CT molecular complexity index is 24.1. The standard InChI is InChI=1S/C2H8Si.BH3O3/c1-3-2;2-1(3)4/h3H2,1-2H3;2-4H. The van der Waals surface area contributed by atoms with Gasteiger partial charge in [0, 0.05) is 9.52 Å². The van der Waals surface area contributed by atoms with Gasteiger partial charge in [0.1, 0.15) is 0 Å². The highest BCUT2D eigenvalue weighted by molar-refractivity contribution is 6.31. The normalized spacial score (nSPS) is 6.43. The van der Waals surface area contributed by atoms with Crippen LogP contribution in [-0.4, -0.2) is 31.9 Å². The van der Waals surface area contributed by atoms with Crippen molar-refractivity contribution in [3.63, 3.8) is 0 Å². The molecule has 0 aliphatic rings. The lowest BCUT2D eigenvalue weighted by Crippen LogP contribution is -2.07. The summed E-state index contributed by atoms with van der Waals surface area (Å²) in [7, 11) is -1.75. The van der Waals surface area contributed by atoms with Crippen LogP contribution in [0.4, 0.5) is 0 Å². The Morgan fingerprint density at radius 3 is 1.14 bits per heavy atom. The first-order chi connectivity index (χ1) is 3.15. The van der Waals surface area contributed by atoms with Crippen LogP contribution in [0.5, 0.6) is 0 Å². The molecule has 44 valence electrons. The fraction of sp³-hybridized carbons (Fsp3) is 1.00. The molecule has 0 atom stereocenters. The second kappa shape index (κ2) is 9.48. The van der Waals surface area contributed by atoms with E-state index in [1.807, 2.05) is 0 Å². The largest absolute Gasteiger partial charge is 0.631 e. The van der Waals surface area contributed by atoms with Crippen LogP contribution in [0.15, 0.2) is 0 Å². The van der Waals surface area contributed by atoms with Crippen molar-refractivity contribution < 1.29 is 15.1 Å². The van der Waals surface area contributed by atoms with E-state index in [4.69, 9.17) is 15.1 Å². The van der Waals surface area contributed by atoms with E-state index in [-0.39, 0.29) is 0 Å². The lowest BCUT2D eigenvalue weighted by atomic mass is 10.3. The molecule has 0 aliphatic carbocycles. The van der Waals surface area contributed by atoms with Crippen molar-refractivity contribution in [1.29, 1.82) is 0 Å². The lowest BCUT2D eigenvalue weighted by Gasteiger charge is -1.69. The molecule has 0 saturated carbocycles. The Kier molecular flexibility index (Phi) is 13.8. The van der Waals surface area contributed by atoms with Gasteiger partial charge in [0.25, 0.3) is 0 Å². The summed E-state index contributed by atoms with van der Waals surface area (Å²) >= 11 is 0. The van der Waals surface area contributed by atoms with Gasteiger partial charge in [-0.3, -0.25) is 0 Å². The summed E-state index contributed by atoms with van der Waals surface area (Å²) in [6, 6.07) is 0. The molecule has 0 unspecified atom stereocenters. The van der Waals surface area contributed by atoms with Crippen molar-refractivity contribution in [1.82, 2.24) is 0 Å². The van der Waals surface area contributed by atoms with Crippen molar-refractivity contribution in [2.45, 2.75) is 13.1 Å². The zero-order valence-corrected chi connectivity index (χ0v) is 6.04. The summed E-state index contributed by atoms with van der Waals surface area (Å²) in [4.78, 5) is 0. The molecule has 0 saturated heterocycles. The van der Waals surface area contributed by atoms with Crippen LogP contribution in [0, 0.1) is 0 Å². The van der Waals surface area contributed by atoms with Crippen molar-refractivity contribution in [3.05, 3.63) is 0 Å². The molecular formula is C2H11BO3Si. The van der Waals surface area contributed by atoms with Gasteiger partial charge in [-0.1, -0.05) is 13.1 Å². The average Bonchev–Trinajstić information content (AvgIpc) is 1.33. The molecule has 0 aromatic rings. The van der Waals surface area contributed by atoms with Crippen molar-refractivity contribution in [2.24, 2.45) is 0 Å². The summed E-state index contributed by atoms with van der Waals surface area (Å²) in [6.07, 6.45) is 0. The molecule has 0 fully saturated rings. The van der Waals surface area contributed by atoms with E-state index in [0.29, 0.717) is 9.52 Å². The maximum Gasteiger partial charge on any atom is 0.631 e. The maximum atomic E-state index is 7.17. The molecule has 0 aliphatic heterocycles. The zero-order valence-electron chi connectivity index (χ0n) is 4.63. The van der Waals surface area contributed by atoms with E-state index >= 15 is 0 Å². The van der Waals surface area contributed by atoms with Crippen molar-refractivity contribution in [3.8, 4) is 0 Å². The van der Waals surface area contributed by atoms with Gasteiger partial charge in [-0.2, -0.15) is 0 Å². The molecule has 0 aromatic heterocycles. The monoisotopic (exact) mass is 122 g/mol. The first-order valence-electron chi connectivity index (χ1n) is 2.19. The van der Waals surface area contributed by atoms with E-state index in [9.17, 15) is 0 Å². The van der Waals surface area contributed by atoms with Crippen molar-refractivity contribution >= 4 is 16.8 Å². The second-order valence-electron chi connectivity index (χ2n) is 1.05. The highest BCUT2D eigenvalue weighted by Crippen LogP contribution is 1.40. The van der Waals surface area contributed by atoms with Gasteiger partial charge in [-0.25, -0.2) is 0 Å². The van der Waals surface area contributed by atoms with E-state index in [2.05, 4.69) is 13.1 Å². The molecule has 0 spiro atoms. The van der Waals surface area contributed by atoms with Gasteiger partial charge in [0.15, 0.2) is 0 Å². The van der Waals surface area contributed by atoms with Crippen LogP contribution in [0.1, 0.15) is 0 Å². The molecule has 3 N–H and O–H groups in total. The molecule has 7 heavy (non-hydrogen) atoms. The lowest BCUT2D eigenvalue weighted by molar-refractivity contribution is 0.278. The van der Waals surface area contributed by atoms with E-state index in [1.165, 1.54) is 0 Å². The number of hydrogen-bond acceptors (Lipinski definition) is 3. The second-order valence-corrected chi connectivity index (χ2v) is 2.47. The summed E-state index contributed by atoms with van der Waals surface area (Å²) in [6.45, 7) is 4.53. The smallest absolute Gasteiger partial charge is 0.402 e. The van der Waals surface area contributed by atoms with Crippen LogP contribution >= 0.6 is 0 Å². The van der Waals surface area contributed by atoms with Gasteiger partial charge in [-0.05, 0) is 0 Å². The minimum absolute atomic E-state index is 0.417. The van der Waals surface area contributed by atoms with E-state index in [0.717, 1.165) is 0 Å². The van der Waals surface area contributed by atoms with Crippen LogP contribution in [-0.2, 0) is 0 Å². The molecule has 0 bridgehead atoms. The SMILES string of the molecule is C[SiH2]C.OB(O)O. The van der Waals surface area contributed by atoms with Gasteiger partial charge >= 0.3 is 7.32 Å². The van der Waals surface area contributed by atoms with Crippen molar-refractivity contribution in [2.75, 3.05) is 0 Å². The first kappa shape index (κ1) is 10.2. The highest BCUT2D eigenvalue weighted by atomic mass is 28.2. The van der Waals surface area contributed by atoms with Crippen LogP contribution in [0.3, 0.4) is 0 Å². The predicted molar refractivity (Wildman–Crippen MR) is 32.7 cm³/mol. The highest BCUT2D eigenvalue weighted by Gasteiger charge is 1.92. The molecular weight excluding hydrogens is 111 g/mol. The average molecular weight is 122 g/mol. The van der Waals surface area contributed by atoms with Crippen LogP contribution in [0.2, 0.25) is 13.1 Å². The molecule has 0 heterocycles. The fourth-order valence-electron chi connectivity index (χ4n) is 0. The number of hydrogen-bond donors (Lipinski definition) is 3. The summed E-state index contributed by atoms with van der Waals surface area (Å²) in [5.74, 6) is 0. The topological polar surface area (TPSA) is 60.7 Å². The summed E-state index contributed by atoms with van der Waals surface area (Å²) in [5.41, 5.74) is 0. The summed E-state index contributed by atoms with van der Waals surface area (Å²) < 4.78 is 0. The van der Waals surface area contributed by atoms with Crippen LogP contribution in [0.25, 0.3) is 0 Å². The molecule has 0 aromatic carbocycles. The molecule has 0 amide bonds. The Hall–Kier alpha value is 0.162. The number of rotatable bonds is 0. The summed E-state index contributed by atoms with van der Waals surface area (Å²) in [5, 5.41) is 21.5. The minimum Gasteiger partial charge on any atom is -0.402 e. The Morgan fingerprint density at radius 2 is 1.14 bits per heavy atom. The molecule has 0 rings (SSSR count). The predicted octanol–water partition coefficient (Wildman–Crippen LogP) is -1.80. The van der Waals surface area contributed by atoms with Gasteiger partial charge < -0.3 is 15.1 Å². The van der Waals surface area contributed by atoms with E-state index < -0.39 is 7.32 Å². The van der Waals surface area contributed by atoms with Crippen LogP contribution < -0.4 is 0 Å². The first-order valence-corrected chi connectivity index (χ1v) is 5.02. The molecule has 3 nitrogen and oxygen atoms in total. The maximum absolute atomic E-state index is 7.17. The third kappa shape index (κ3) is 4080. The van der Waals surface area contributed by atoms with Gasteiger partial charge in [0.2, 0.25) is 0 Å². The van der Waals surface area contributed by atoms with Gasteiger partial charge in [0.05, 0.1) is 0 Å². The Labute approximate surface area is 46.0 Å². The Balaban J connectivity index is 0. The zero-order chi connectivity index (χ0) is 6.28. The third-order valence-electron chi connectivity index (χ3n) is 0.